The van der Waals surface area contributed by atoms with Crippen LogP contribution in [0, 0.1) is 12.7 Å². The fourth-order valence-electron chi connectivity index (χ4n) is 3.35. The second-order valence-corrected chi connectivity index (χ2v) is 7.31. The summed E-state index contributed by atoms with van der Waals surface area (Å²) in [5.74, 6) is 1.80. The number of carbonyl (C=O) groups excluding carboxylic acids is 1. The van der Waals surface area contributed by atoms with Gasteiger partial charge in [0.05, 0.1) is 19.6 Å². The molecule has 0 bridgehead atoms. The molecule has 160 valence electrons. The van der Waals surface area contributed by atoms with E-state index in [2.05, 4.69) is 25.5 Å². The number of nitrogens with one attached hydrogen (secondary N) is 2. The van der Waals surface area contributed by atoms with Crippen LogP contribution < -0.4 is 15.5 Å². The van der Waals surface area contributed by atoms with E-state index < -0.39 is 0 Å². The highest BCUT2D eigenvalue weighted by atomic mass is 19.1. The Morgan fingerprint density at radius 3 is 2.42 bits per heavy atom. The third-order valence-corrected chi connectivity index (χ3v) is 4.88. The van der Waals surface area contributed by atoms with Crippen molar-refractivity contribution in [2.75, 3.05) is 41.8 Å². The van der Waals surface area contributed by atoms with Gasteiger partial charge in [0.2, 0.25) is 5.91 Å². The summed E-state index contributed by atoms with van der Waals surface area (Å²) in [6.45, 7) is 4.87. The summed E-state index contributed by atoms with van der Waals surface area (Å²) >= 11 is 0. The first kappa shape index (κ1) is 20.7. The molecular formula is C23H24FN5O2. The summed E-state index contributed by atoms with van der Waals surface area (Å²) < 4.78 is 18.4. The number of hydrogen-bond donors (Lipinski definition) is 2. The average molecular weight is 421 g/mol. The summed E-state index contributed by atoms with van der Waals surface area (Å²) in [4.78, 5) is 23.4. The molecule has 2 aromatic carbocycles. The maximum atomic E-state index is 13.0. The molecule has 1 aromatic heterocycles. The Hall–Kier alpha value is -3.52. The summed E-state index contributed by atoms with van der Waals surface area (Å²) in [6, 6.07) is 15.2. The predicted molar refractivity (Wildman–Crippen MR) is 118 cm³/mol. The molecule has 2 N–H and O–H groups in total. The zero-order valence-corrected chi connectivity index (χ0v) is 17.3. The lowest BCUT2D eigenvalue weighted by molar-refractivity contribution is -0.115. The van der Waals surface area contributed by atoms with Crippen LogP contribution in [0.5, 0.6) is 0 Å². The summed E-state index contributed by atoms with van der Waals surface area (Å²) in [5, 5.41) is 6.15. The van der Waals surface area contributed by atoms with Crippen LogP contribution in [-0.4, -0.2) is 42.2 Å². The molecule has 3 aromatic rings. The van der Waals surface area contributed by atoms with Crippen molar-refractivity contribution in [3.05, 3.63) is 71.8 Å². The van der Waals surface area contributed by atoms with Crippen LogP contribution in [0.4, 0.5) is 27.4 Å². The predicted octanol–water partition coefficient (Wildman–Crippen LogP) is 3.69. The Bertz CT molecular complexity index is 1030. The van der Waals surface area contributed by atoms with Gasteiger partial charge in [-0.15, -0.1) is 0 Å². The molecule has 0 unspecified atom stereocenters. The average Bonchev–Trinajstić information content (AvgIpc) is 2.77. The van der Waals surface area contributed by atoms with Gasteiger partial charge in [-0.1, -0.05) is 12.1 Å². The summed E-state index contributed by atoms with van der Waals surface area (Å²) in [5.41, 5.74) is 2.29. The molecule has 1 aliphatic heterocycles. The van der Waals surface area contributed by atoms with E-state index in [1.54, 1.807) is 12.1 Å². The van der Waals surface area contributed by atoms with Crippen molar-refractivity contribution in [1.29, 1.82) is 0 Å². The van der Waals surface area contributed by atoms with Crippen molar-refractivity contribution < 1.29 is 13.9 Å². The molecule has 0 radical (unpaired) electrons. The minimum absolute atomic E-state index is 0.158. The number of hydrogen-bond acceptors (Lipinski definition) is 6. The first-order chi connectivity index (χ1) is 15.0. The molecule has 0 saturated carbocycles. The van der Waals surface area contributed by atoms with Crippen molar-refractivity contribution in [3.8, 4) is 0 Å². The van der Waals surface area contributed by atoms with Crippen molar-refractivity contribution in [2.45, 2.75) is 13.3 Å². The fraction of sp³-hybridized carbons (Fsp3) is 0.261. The van der Waals surface area contributed by atoms with E-state index in [-0.39, 0.29) is 18.1 Å². The SMILES string of the molecule is Cc1nc(Nc2ccc(NC(=O)Cc3ccc(F)cc3)cc2)cc(N2CCOCC2)n1. The number of halogens is 1. The number of nitrogens with zero attached hydrogens (tertiary/aromatic N) is 3. The highest BCUT2D eigenvalue weighted by Crippen LogP contribution is 2.22. The first-order valence-corrected chi connectivity index (χ1v) is 10.1. The zero-order chi connectivity index (χ0) is 21.6. The zero-order valence-electron chi connectivity index (χ0n) is 17.3. The van der Waals surface area contributed by atoms with Gasteiger partial charge in [0.1, 0.15) is 23.3 Å². The van der Waals surface area contributed by atoms with Gasteiger partial charge < -0.3 is 20.3 Å². The second-order valence-electron chi connectivity index (χ2n) is 7.31. The molecule has 4 rings (SSSR count). The van der Waals surface area contributed by atoms with E-state index in [9.17, 15) is 9.18 Å². The Balaban J connectivity index is 1.37. The summed E-state index contributed by atoms with van der Waals surface area (Å²) in [6.07, 6.45) is 0.185. The Morgan fingerprint density at radius 1 is 1.03 bits per heavy atom. The van der Waals surface area contributed by atoms with Gasteiger partial charge in [-0.25, -0.2) is 14.4 Å². The van der Waals surface area contributed by atoms with E-state index in [0.717, 1.165) is 30.2 Å². The maximum absolute atomic E-state index is 13.0. The lowest BCUT2D eigenvalue weighted by Gasteiger charge is -2.28. The van der Waals surface area contributed by atoms with Crippen LogP contribution in [0.25, 0.3) is 0 Å². The third kappa shape index (κ3) is 5.76. The molecule has 8 heteroatoms. The van der Waals surface area contributed by atoms with Gasteiger partial charge in [-0.3, -0.25) is 4.79 Å². The highest BCUT2D eigenvalue weighted by Gasteiger charge is 2.14. The molecule has 1 fully saturated rings. The number of morpholine rings is 1. The number of ether oxygens (including phenoxy) is 1. The molecule has 0 aliphatic carbocycles. The van der Waals surface area contributed by atoms with Gasteiger partial charge >= 0.3 is 0 Å². The minimum atomic E-state index is -0.316. The number of benzene rings is 2. The van der Waals surface area contributed by atoms with Crippen molar-refractivity contribution in [2.24, 2.45) is 0 Å². The topological polar surface area (TPSA) is 79.4 Å². The molecule has 1 saturated heterocycles. The van der Waals surface area contributed by atoms with Crippen LogP contribution in [0.2, 0.25) is 0 Å². The standard InChI is InChI=1S/C23H24FN5O2/c1-16-25-21(15-22(26-16)29-10-12-31-13-11-29)27-19-6-8-20(9-7-19)28-23(30)14-17-2-4-18(24)5-3-17/h2-9,15H,10-14H2,1H3,(H,28,30)(H,25,26,27). The van der Waals surface area contributed by atoms with Gasteiger partial charge in [-0.2, -0.15) is 0 Å². The van der Waals surface area contributed by atoms with E-state index >= 15 is 0 Å². The van der Waals surface area contributed by atoms with Crippen LogP contribution in [0.15, 0.2) is 54.6 Å². The largest absolute Gasteiger partial charge is 0.378 e. The molecule has 2 heterocycles. The van der Waals surface area contributed by atoms with Crippen LogP contribution in [0.3, 0.4) is 0 Å². The second kappa shape index (κ2) is 9.53. The minimum Gasteiger partial charge on any atom is -0.378 e. The Morgan fingerprint density at radius 2 is 1.71 bits per heavy atom. The maximum Gasteiger partial charge on any atom is 0.228 e. The molecule has 31 heavy (non-hydrogen) atoms. The van der Waals surface area contributed by atoms with Gasteiger partial charge in [0.15, 0.2) is 0 Å². The number of carbonyl (C=O) groups is 1. The lowest BCUT2D eigenvalue weighted by atomic mass is 10.1. The van der Waals surface area contributed by atoms with Crippen LogP contribution >= 0.6 is 0 Å². The van der Waals surface area contributed by atoms with Crippen molar-refractivity contribution in [3.63, 3.8) is 0 Å². The number of amides is 1. The number of aromatic nitrogens is 2. The Kier molecular flexibility index (Phi) is 6.37. The molecular weight excluding hydrogens is 397 g/mol. The quantitative estimate of drug-likeness (QED) is 0.632. The molecule has 7 nitrogen and oxygen atoms in total. The lowest BCUT2D eigenvalue weighted by Crippen LogP contribution is -2.36. The van der Waals surface area contributed by atoms with E-state index in [1.807, 2.05) is 37.3 Å². The molecule has 1 aliphatic rings. The fourth-order valence-corrected chi connectivity index (χ4v) is 3.35. The highest BCUT2D eigenvalue weighted by molar-refractivity contribution is 5.92. The van der Waals surface area contributed by atoms with E-state index in [4.69, 9.17) is 4.74 Å². The van der Waals surface area contributed by atoms with Gasteiger partial charge in [0.25, 0.3) is 0 Å². The molecule has 0 spiro atoms. The molecule has 0 atom stereocenters. The Labute approximate surface area is 180 Å². The van der Waals surface area contributed by atoms with Crippen LogP contribution in [-0.2, 0) is 16.0 Å². The number of aryl methyl sites for hydroxylation is 1. The van der Waals surface area contributed by atoms with E-state index in [0.29, 0.717) is 30.5 Å². The third-order valence-electron chi connectivity index (χ3n) is 4.88. The monoisotopic (exact) mass is 421 g/mol. The summed E-state index contributed by atoms with van der Waals surface area (Å²) in [7, 11) is 0. The number of anilines is 4. The smallest absolute Gasteiger partial charge is 0.228 e. The van der Waals surface area contributed by atoms with E-state index in [1.165, 1.54) is 12.1 Å². The normalized spacial score (nSPS) is 13.7. The van der Waals surface area contributed by atoms with Crippen LogP contribution in [0.1, 0.15) is 11.4 Å². The van der Waals surface area contributed by atoms with Gasteiger partial charge in [0, 0.05) is 30.5 Å². The van der Waals surface area contributed by atoms with Gasteiger partial charge in [-0.05, 0) is 48.9 Å². The number of rotatable bonds is 6. The van der Waals surface area contributed by atoms with Crippen molar-refractivity contribution in [1.82, 2.24) is 9.97 Å². The molecule has 1 amide bonds. The first-order valence-electron chi connectivity index (χ1n) is 10.1. The van der Waals surface area contributed by atoms with Crippen molar-refractivity contribution >= 4 is 28.9 Å².